The Kier molecular flexibility index (Phi) is 4.61. The highest BCUT2D eigenvalue weighted by Gasteiger charge is 2.34. The van der Waals surface area contributed by atoms with E-state index in [1.807, 2.05) is 0 Å². The van der Waals surface area contributed by atoms with E-state index in [-0.39, 0.29) is 5.92 Å². The van der Waals surface area contributed by atoms with Gasteiger partial charge in [-0.05, 0) is 44.1 Å². The van der Waals surface area contributed by atoms with Crippen LogP contribution in [0.3, 0.4) is 0 Å². The summed E-state index contributed by atoms with van der Waals surface area (Å²) in [7, 11) is 0. The number of nitrogens with two attached hydrogens (primary N) is 1. The Morgan fingerprint density at radius 1 is 1.00 bits per heavy atom. The Labute approximate surface area is 122 Å². The number of hydrogen-bond acceptors (Lipinski definition) is 3. The van der Waals surface area contributed by atoms with Crippen molar-refractivity contribution in [1.82, 2.24) is 9.80 Å². The van der Waals surface area contributed by atoms with Crippen LogP contribution in [-0.2, 0) is 4.79 Å². The molecule has 0 bridgehead atoms. The van der Waals surface area contributed by atoms with Crippen molar-refractivity contribution in [2.24, 2.45) is 23.5 Å². The lowest BCUT2D eigenvalue weighted by Gasteiger charge is -2.39. The molecule has 3 aliphatic rings. The zero-order chi connectivity index (χ0) is 13.9. The predicted molar refractivity (Wildman–Crippen MR) is 80.2 cm³/mol. The Bertz CT molecular complexity index is 335. The molecule has 0 aromatic rings. The van der Waals surface area contributed by atoms with Gasteiger partial charge in [0, 0.05) is 38.6 Å². The first-order chi connectivity index (χ1) is 9.78. The summed E-state index contributed by atoms with van der Waals surface area (Å²) in [6.07, 6.45) is 7.49. The molecule has 1 amide bonds. The van der Waals surface area contributed by atoms with Gasteiger partial charge in [0.1, 0.15) is 0 Å². The van der Waals surface area contributed by atoms with Gasteiger partial charge in [0.25, 0.3) is 0 Å². The Morgan fingerprint density at radius 3 is 2.35 bits per heavy atom. The van der Waals surface area contributed by atoms with Crippen LogP contribution in [0.5, 0.6) is 0 Å². The van der Waals surface area contributed by atoms with Crippen molar-refractivity contribution in [1.29, 1.82) is 0 Å². The third-order valence-corrected chi connectivity index (χ3v) is 5.43. The number of carbonyl (C=O) groups excluding carboxylic acids is 1. The monoisotopic (exact) mass is 279 g/mol. The van der Waals surface area contributed by atoms with Gasteiger partial charge >= 0.3 is 0 Å². The maximum Gasteiger partial charge on any atom is 0.226 e. The molecule has 3 rings (SSSR count). The second-order valence-corrected chi connectivity index (χ2v) is 6.96. The Morgan fingerprint density at radius 2 is 1.70 bits per heavy atom. The van der Waals surface area contributed by atoms with Gasteiger partial charge in [-0.3, -0.25) is 9.69 Å². The van der Waals surface area contributed by atoms with Crippen LogP contribution < -0.4 is 5.73 Å². The van der Waals surface area contributed by atoms with E-state index in [4.69, 9.17) is 5.73 Å². The van der Waals surface area contributed by atoms with Gasteiger partial charge < -0.3 is 10.6 Å². The van der Waals surface area contributed by atoms with Gasteiger partial charge in [-0.15, -0.1) is 0 Å². The fourth-order valence-electron chi connectivity index (χ4n) is 3.87. The zero-order valence-corrected chi connectivity index (χ0v) is 12.6. The maximum atomic E-state index is 12.7. The molecule has 0 aromatic carbocycles. The largest absolute Gasteiger partial charge is 0.340 e. The Hall–Kier alpha value is -0.610. The maximum absolute atomic E-state index is 12.7. The first-order valence-electron chi connectivity index (χ1n) is 8.49. The van der Waals surface area contributed by atoms with Crippen LogP contribution in [0.2, 0.25) is 0 Å². The average molecular weight is 279 g/mol. The second kappa shape index (κ2) is 6.44. The van der Waals surface area contributed by atoms with Crippen LogP contribution in [0.25, 0.3) is 0 Å². The molecule has 2 N–H and O–H groups in total. The quantitative estimate of drug-likeness (QED) is 0.844. The second-order valence-electron chi connectivity index (χ2n) is 6.96. The van der Waals surface area contributed by atoms with Crippen molar-refractivity contribution in [3.8, 4) is 0 Å². The molecule has 4 heteroatoms. The summed E-state index contributed by atoms with van der Waals surface area (Å²) >= 11 is 0. The minimum atomic E-state index is 0.212. The molecule has 1 aliphatic heterocycles. The number of nitrogens with zero attached hydrogens (tertiary/aromatic N) is 2. The Balaban J connectivity index is 1.49. The van der Waals surface area contributed by atoms with E-state index in [2.05, 4.69) is 9.80 Å². The lowest BCUT2D eigenvalue weighted by atomic mass is 9.78. The van der Waals surface area contributed by atoms with Gasteiger partial charge in [0.2, 0.25) is 5.91 Å². The third kappa shape index (κ3) is 3.34. The van der Waals surface area contributed by atoms with Crippen molar-refractivity contribution in [2.45, 2.75) is 38.5 Å². The van der Waals surface area contributed by atoms with Gasteiger partial charge in [-0.1, -0.05) is 12.8 Å². The number of amides is 1. The summed E-state index contributed by atoms with van der Waals surface area (Å²) < 4.78 is 0. The van der Waals surface area contributed by atoms with Crippen LogP contribution in [0.15, 0.2) is 0 Å². The highest BCUT2D eigenvalue weighted by molar-refractivity contribution is 5.79. The van der Waals surface area contributed by atoms with Gasteiger partial charge in [-0.2, -0.15) is 0 Å². The molecular weight excluding hydrogens is 250 g/mol. The number of rotatable bonds is 4. The molecule has 1 heterocycles. The normalized spacial score (nSPS) is 32.4. The molecule has 2 saturated carbocycles. The molecular formula is C16H29N3O. The van der Waals surface area contributed by atoms with E-state index in [1.54, 1.807) is 0 Å². The highest BCUT2D eigenvalue weighted by Crippen LogP contribution is 2.32. The minimum absolute atomic E-state index is 0.212. The summed E-state index contributed by atoms with van der Waals surface area (Å²) in [6, 6.07) is 0. The molecule has 3 fully saturated rings. The van der Waals surface area contributed by atoms with Gasteiger partial charge in [-0.25, -0.2) is 0 Å². The molecule has 114 valence electrons. The van der Waals surface area contributed by atoms with E-state index >= 15 is 0 Å². The van der Waals surface area contributed by atoms with Gasteiger partial charge in [0.15, 0.2) is 0 Å². The standard InChI is InChI=1S/C16H29N3O/c17-11-14-3-1-2-4-15(14)16(20)19-9-7-18(8-10-19)12-13-5-6-13/h13-15H,1-12,17H2. The van der Waals surface area contributed by atoms with E-state index < -0.39 is 0 Å². The first kappa shape index (κ1) is 14.3. The minimum Gasteiger partial charge on any atom is -0.340 e. The smallest absolute Gasteiger partial charge is 0.226 e. The number of carbonyl (C=O) groups is 1. The first-order valence-corrected chi connectivity index (χ1v) is 8.49. The summed E-state index contributed by atoms with van der Waals surface area (Å²) in [5.74, 6) is 1.99. The molecule has 1 saturated heterocycles. The van der Waals surface area contributed by atoms with Crippen LogP contribution in [0.1, 0.15) is 38.5 Å². The molecule has 2 aliphatic carbocycles. The van der Waals surface area contributed by atoms with E-state index in [9.17, 15) is 4.79 Å². The fourth-order valence-corrected chi connectivity index (χ4v) is 3.87. The van der Waals surface area contributed by atoms with Crippen LogP contribution >= 0.6 is 0 Å². The van der Waals surface area contributed by atoms with Crippen molar-refractivity contribution in [3.05, 3.63) is 0 Å². The SMILES string of the molecule is NCC1CCCCC1C(=O)N1CCN(CC2CC2)CC1. The topological polar surface area (TPSA) is 49.6 Å². The van der Waals surface area contributed by atoms with Gasteiger partial charge in [0.05, 0.1) is 0 Å². The number of piperazine rings is 1. The molecule has 4 nitrogen and oxygen atoms in total. The average Bonchev–Trinajstić information content (AvgIpc) is 3.31. The van der Waals surface area contributed by atoms with E-state index in [0.29, 0.717) is 18.4 Å². The predicted octanol–water partition coefficient (Wildman–Crippen LogP) is 1.31. The lowest BCUT2D eigenvalue weighted by molar-refractivity contribution is -0.140. The van der Waals surface area contributed by atoms with Crippen LogP contribution in [0.4, 0.5) is 0 Å². The fraction of sp³-hybridized carbons (Fsp3) is 0.938. The van der Waals surface area contributed by atoms with E-state index in [0.717, 1.165) is 44.9 Å². The lowest BCUT2D eigenvalue weighted by Crippen LogP contribution is -2.52. The van der Waals surface area contributed by atoms with E-state index in [1.165, 1.54) is 32.2 Å². The molecule has 2 unspecified atom stereocenters. The highest BCUT2D eigenvalue weighted by atomic mass is 16.2. The molecule has 0 aromatic heterocycles. The van der Waals surface area contributed by atoms with Crippen LogP contribution in [0, 0.1) is 17.8 Å². The summed E-state index contributed by atoms with van der Waals surface area (Å²) in [5, 5.41) is 0. The summed E-state index contributed by atoms with van der Waals surface area (Å²) in [6.45, 7) is 5.94. The van der Waals surface area contributed by atoms with Crippen LogP contribution in [-0.4, -0.2) is 55.0 Å². The molecule has 0 radical (unpaired) electrons. The van der Waals surface area contributed by atoms with Crippen molar-refractivity contribution in [3.63, 3.8) is 0 Å². The molecule has 20 heavy (non-hydrogen) atoms. The third-order valence-electron chi connectivity index (χ3n) is 5.43. The van der Waals surface area contributed by atoms with Crippen molar-refractivity contribution in [2.75, 3.05) is 39.3 Å². The summed E-state index contributed by atoms with van der Waals surface area (Å²) in [5.41, 5.74) is 5.87. The van der Waals surface area contributed by atoms with Crippen molar-refractivity contribution >= 4 is 5.91 Å². The zero-order valence-electron chi connectivity index (χ0n) is 12.6. The molecule has 2 atom stereocenters. The van der Waals surface area contributed by atoms with Crippen molar-refractivity contribution < 1.29 is 4.79 Å². The number of hydrogen-bond donors (Lipinski definition) is 1. The summed E-state index contributed by atoms with van der Waals surface area (Å²) in [4.78, 5) is 17.4. The molecule has 0 spiro atoms.